The summed E-state index contributed by atoms with van der Waals surface area (Å²) in [7, 11) is 1.59. The molecule has 13 heteroatoms. The van der Waals surface area contributed by atoms with Gasteiger partial charge in [0.25, 0.3) is 0 Å². The maximum absolute atomic E-state index is 17.7. The first-order valence-corrected chi connectivity index (χ1v) is 18.9. The molecule has 0 radical (unpaired) electrons. The van der Waals surface area contributed by atoms with Gasteiger partial charge in [0.15, 0.2) is 11.9 Å². The molecule has 1 aliphatic heterocycles. The monoisotopic (exact) mass is 768 g/mol. The molecule has 0 spiro atoms. The van der Waals surface area contributed by atoms with E-state index in [-0.39, 0.29) is 60.5 Å². The molecule has 1 unspecified atom stereocenters. The normalized spacial score (nSPS) is 20.9. The SMILES string of the molecule is COc1ccc(CO[C@H]2CC(C)(C)Cc3nc(C4CCN(c5ncc(O)cn5)CC4)c(C(F)c4ccc(C(F)(F)F)cc4)c(C4CCC(F)(F)CC4)c32)cc1. The maximum Gasteiger partial charge on any atom is 0.416 e. The average molecular weight is 769 g/mol. The molecule has 1 saturated heterocycles. The lowest BCUT2D eigenvalue weighted by molar-refractivity contribution is -0.137. The van der Waals surface area contributed by atoms with Crippen molar-refractivity contribution in [3.05, 3.63) is 106 Å². The Kier molecular flexibility index (Phi) is 10.8. The third kappa shape index (κ3) is 8.56. The second kappa shape index (κ2) is 15.3. The molecule has 0 amide bonds. The van der Waals surface area contributed by atoms with Crippen LogP contribution in [-0.2, 0) is 23.9 Å². The van der Waals surface area contributed by atoms with E-state index in [1.807, 2.05) is 29.2 Å². The summed E-state index contributed by atoms with van der Waals surface area (Å²) in [5, 5.41) is 9.70. The lowest BCUT2D eigenvalue weighted by atomic mass is 9.68. The predicted octanol–water partition coefficient (Wildman–Crippen LogP) is 10.6. The van der Waals surface area contributed by atoms with E-state index < -0.39 is 35.9 Å². The Morgan fingerprint density at radius 1 is 0.891 bits per heavy atom. The van der Waals surface area contributed by atoms with Crippen molar-refractivity contribution in [3.63, 3.8) is 0 Å². The summed E-state index contributed by atoms with van der Waals surface area (Å²) in [6, 6.07) is 11.6. The van der Waals surface area contributed by atoms with Gasteiger partial charge in [-0.2, -0.15) is 13.2 Å². The highest BCUT2D eigenvalue weighted by Gasteiger charge is 2.44. The number of alkyl halides is 6. The molecule has 1 N–H and O–H groups in total. The maximum atomic E-state index is 17.7. The minimum absolute atomic E-state index is 0.0418. The van der Waals surface area contributed by atoms with Crippen LogP contribution in [0.15, 0.2) is 60.9 Å². The number of anilines is 1. The molecule has 2 aromatic heterocycles. The quantitative estimate of drug-likeness (QED) is 0.170. The third-order valence-corrected chi connectivity index (χ3v) is 11.4. The zero-order valence-corrected chi connectivity index (χ0v) is 31.2. The first-order chi connectivity index (χ1) is 26.1. The lowest BCUT2D eigenvalue weighted by Gasteiger charge is -2.42. The fourth-order valence-electron chi connectivity index (χ4n) is 8.57. The van der Waals surface area contributed by atoms with E-state index in [0.717, 1.165) is 29.0 Å². The molecule has 3 heterocycles. The van der Waals surface area contributed by atoms with E-state index in [1.165, 1.54) is 24.5 Å². The number of ether oxygens (including phenoxy) is 2. The Morgan fingerprint density at radius 2 is 1.53 bits per heavy atom. The summed E-state index contributed by atoms with van der Waals surface area (Å²) >= 11 is 0. The molecule has 294 valence electrons. The van der Waals surface area contributed by atoms with Gasteiger partial charge in [0.1, 0.15) is 5.75 Å². The zero-order valence-electron chi connectivity index (χ0n) is 31.2. The molecule has 2 aliphatic carbocycles. The Balaban J connectivity index is 1.36. The van der Waals surface area contributed by atoms with Crippen molar-refractivity contribution in [1.82, 2.24) is 15.0 Å². The van der Waals surface area contributed by atoms with Crippen molar-refractivity contribution in [3.8, 4) is 11.5 Å². The topological polar surface area (TPSA) is 80.6 Å². The fraction of sp³-hybridized carbons (Fsp3) is 0.500. The number of piperidine rings is 1. The number of aromatic nitrogens is 3. The zero-order chi connectivity index (χ0) is 39.1. The number of hydrogen-bond donors (Lipinski definition) is 1. The van der Waals surface area contributed by atoms with Crippen molar-refractivity contribution in [1.29, 1.82) is 0 Å². The van der Waals surface area contributed by atoms with Crippen LogP contribution < -0.4 is 9.64 Å². The van der Waals surface area contributed by atoms with E-state index in [9.17, 15) is 27.1 Å². The summed E-state index contributed by atoms with van der Waals surface area (Å²) < 4.78 is 100. The molecule has 2 aromatic carbocycles. The number of methoxy groups -OCH3 is 1. The highest BCUT2D eigenvalue weighted by atomic mass is 19.4. The van der Waals surface area contributed by atoms with E-state index in [1.54, 1.807) is 7.11 Å². The van der Waals surface area contributed by atoms with Gasteiger partial charge in [-0.25, -0.2) is 23.1 Å². The number of rotatable bonds is 9. The Hall–Kier alpha value is -4.39. The first kappa shape index (κ1) is 38.9. The fourth-order valence-corrected chi connectivity index (χ4v) is 8.57. The van der Waals surface area contributed by atoms with Crippen LogP contribution in [0.4, 0.5) is 32.3 Å². The smallest absolute Gasteiger partial charge is 0.416 e. The Morgan fingerprint density at radius 3 is 2.13 bits per heavy atom. The Labute approximate surface area is 317 Å². The molecule has 4 aromatic rings. The molecule has 7 rings (SSSR count). The van der Waals surface area contributed by atoms with E-state index in [4.69, 9.17) is 14.5 Å². The molecule has 7 nitrogen and oxygen atoms in total. The molecule has 2 atom stereocenters. The molecule has 55 heavy (non-hydrogen) atoms. The van der Waals surface area contributed by atoms with Gasteiger partial charge < -0.3 is 19.5 Å². The first-order valence-electron chi connectivity index (χ1n) is 18.9. The van der Waals surface area contributed by atoms with Crippen molar-refractivity contribution in [2.24, 2.45) is 5.41 Å². The van der Waals surface area contributed by atoms with Crippen LogP contribution in [-0.4, -0.2) is 46.2 Å². The van der Waals surface area contributed by atoms with Crippen LogP contribution in [0.5, 0.6) is 11.5 Å². The summed E-state index contributed by atoms with van der Waals surface area (Å²) in [5.74, 6) is -2.42. The molecule has 2 fully saturated rings. The van der Waals surface area contributed by atoms with Gasteiger partial charge in [-0.15, -0.1) is 0 Å². The largest absolute Gasteiger partial charge is 0.505 e. The number of pyridine rings is 1. The van der Waals surface area contributed by atoms with E-state index >= 15 is 4.39 Å². The highest BCUT2D eigenvalue weighted by molar-refractivity contribution is 5.51. The van der Waals surface area contributed by atoms with Gasteiger partial charge in [-0.1, -0.05) is 38.1 Å². The number of halogens is 6. The molecular formula is C42H46F6N4O3. The second-order valence-electron chi connectivity index (χ2n) is 16.0. The number of fused-ring (bicyclic) bond motifs is 1. The third-order valence-electron chi connectivity index (χ3n) is 11.4. The van der Waals surface area contributed by atoms with Crippen LogP contribution in [0.25, 0.3) is 0 Å². The van der Waals surface area contributed by atoms with Crippen molar-refractivity contribution in [2.75, 3.05) is 25.1 Å². The number of nitrogens with zero attached hydrogens (tertiary/aromatic N) is 4. The minimum Gasteiger partial charge on any atom is -0.505 e. The lowest BCUT2D eigenvalue weighted by Crippen LogP contribution is -2.36. The summed E-state index contributed by atoms with van der Waals surface area (Å²) in [4.78, 5) is 15.8. The Bertz CT molecular complexity index is 1940. The number of benzene rings is 2. The van der Waals surface area contributed by atoms with Gasteiger partial charge >= 0.3 is 6.18 Å². The van der Waals surface area contributed by atoms with Crippen LogP contribution in [0, 0.1) is 5.41 Å². The predicted molar refractivity (Wildman–Crippen MR) is 195 cm³/mol. The number of hydrogen-bond acceptors (Lipinski definition) is 7. The summed E-state index contributed by atoms with van der Waals surface area (Å²) in [6.07, 6.45) is -2.58. The van der Waals surface area contributed by atoms with Gasteiger partial charge in [0.05, 0.1) is 43.5 Å². The van der Waals surface area contributed by atoms with Crippen LogP contribution in [0.1, 0.15) is 128 Å². The van der Waals surface area contributed by atoms with Crippen molar-refractivity contribution in [2.45, 2.75) is 108 Å². The minimum atomic E-state index is -4.60. The number of aromatic hydroxyl groups is 1. The molecule has 1 saturated carbocycles. The molecule has 3 aliphatic rings. The van der Waals surface area contributed by atoms with Gasteiger partial charge in [0.2, 0.25) is 11.9 Å². The summed E-state index contributed by atoms with van der Waals surface area (Å²) in [5.41, 5.74) is 2.69. The molecular weight excluding hydrogens is 722 g/mol. The van der Waals surface area contributed by atoms with E-state index in [2.05, 4.69) is 23.8 Å². The van der Waals surface area contributed by atoms with Crippen LogP contribution in [0.3, 0.4) is 0 Å². The highest BCUT2D eigenvalue weighted by Crippen LogP contribution is 2.53. The van der Waals surface area contributed by atoms with Crippen LogP contribution in [0.2, 0.25) is 0 Å². The summed E-state index contributed by atoms with van der Waals surface area (Å²) in [6.45, 7) is 5.52. The average Bonchev–Trinajstić information content (AvgIpc) is 3.16. The van der Waals surface area contributed by atoms with E-state index in [0.29, 0.717) is 61.7 Å². The van der Waals surface area contributed by atoms with Gasteiger partial charge in [-0.05, 0) is 90.8 Å². The van der Waals surface area contributed by atoms with Crippen LogP contribution >= 0.6 is 0 Å². The second-order valence-corrected chi connectivity index (χ2v) is 16.0. The van der Waals surface area contributed by atoms with Crippen molar-refractivity contribution < 1.29 is 40.9 Å². The van der Waals surface area contributed by atoms with Gasteiger partial charge in [-0.3, -0.25) is 4.98 Å². The van der Waals surface area contributed by atoms with Crippen molar-refractivity contribution >= 4 is 5.95 Å². The standard InChI is InChI=1S/C42H46F6N4O3/c1-40(2)20-32-35(33(21-40)55-24-25-4-10-31(54-3)11-5-25)34(26-12-16-41(44,45)17-13-26)36(37(43)27-6-8-29(9-7-27)42(46,47)48)38(51-32)28-14-18-52(19-15-28)39-49-22-30(53)23-50-39/h4-11,22-23,26,28,33,37,53H,12-21,24H2,1-3H3/t33-,37?/m0/s1. The molecule has 0 bridgehead atoms. The van der Waals surface area contributed by atoms with Gasteiger partial charge in [0, 0.05) is 48.7 Å².